The number of hydrogen-bond acceptors (Lipinski definition) is 2. The molecule has 2 radical (unpaired) electrons. The zero-order chi connectivity index (χ0) is 7.23. The fourth-order valence-corrected chi connectivity index (χ4v) is 1.57. The zero-order valence-electron chi connectivity index (χ0n) is 6.39. The maximum atomic E-state index is 4.92. The van der Waals surface area contributed by atoms with Crippen LogP contribution in [0.2, 0.25) is 0 Å². The molecule has 0 aliphatic heterocycles. The van der Waals surface area contributed by atoms with Gasteiger partial charge in [0.25, 0.3) is 9.76 Å². The first-order chi connectivity index (χ1) is 4.93. The molecule has 0 unspecified atom stereocenters. The predicted octanol–water partition coefficient (Wildman–Crippen LogP) is 1.22. The van der Waals surface area contributed by atoms with Crippen molar-refractivity contribution in [2.24, 2.45) is 4.99 Å². The van der Waals surface area contributed by atoms with Crippen molar-refractivity contribution in [2.45, 2.75) is 25.7 Å². The average molecular weight is 155 g/mol. The van der Waals surface area contributed by atoms with Gasteiger partial charge in [0.1, 0.15) is 0 Å². The fourth-order valence-electron chi connectivity index (χ4n) is 1.15. The van der Waals surface area contributed by atoms with Gasteiger partial charge >= 0.3 is 0 Å². The molecule has 0 saturated heterocycles. The lowest BCUT2D eigenvalue weighted by Crippen LogP contribution is -2.01. The van der Waals surface area contributed by atoms with Crippen LogP contribution in [0, 0.1) is 0 Å². The minimum Gasteiger partial charge on any atom is -0.419 e. The Kier molecular flexibility index (Phi) is 3.68. The first kappa shape index (κ1) is 7.95. The molecule has 10 heavy (non-hydrogen) atoms. The second kappa shape index (κ2) is 4.63. The summed E-state index contributed by atoms with van der Waals surface area (Å²) in [5.41, 5.74) is 1.41. The molecule has 0 heterocycles. The van der Waals surface area contributed by atoms with Crippen LogP contribution in [0.1, 0.15) is 25.7 Å². The fraction of sp³-hybridized carbons (Fsp3) is 0.857. The molecule has 3 heteroatoms. The Morgan fingerprint density at radius 2 is 2.20 bits per heavy atom. The third-order valence-electron chi connectivity index (χ3n) is 1.69. The maximum Gasteiger partial charge on any atom is 0.252 e. The van der Waals surface area contributed by atoms with Gasteiger partial charge in [-0.3, -0.25) is 4.99 Å². The molecule has 0 amide bonds. The molecule has 0 aromatic rings. The minimum atomic E-state index is 0.554. The summed E-state index contributed by atoms with van der Waals surface area (Å²) in [7, 11) is 2.28. The summed E-state index contributed by atoms with van der Waals surface area (Å²) in [5, 5.41) is 0. The lowest BCUT2D eigenvalue weighted by molar-refractivity contribution is 0.442. The van der Waals surface area contributed by atoms with Crippen LogP contribution in [0.5, 0.6) is 0 Å². The van der Waals surface area contributed by atoms with Gasteiger partial charge in [0, 0.05) is 12.8 Å². The van der Waals surface area contributed by atoms with Crippen LogP contribution in [0.3, 0.4) is 0 Å². The second-order valence-electron chi connectivity index (χ2n) is 2.44. The van der Waals surface area contributed by atoms with Crippen molar-refractivity contribution in [2.75, 3.05) is 13.3 Å². The third-order valence-corrected chi connectivity index (χ3v) is 2.27. The molecule has 56 valence electrons. The molecule has 1 aliphatic rings. The highest BCUT2D eigenvalue weighted by Crippen LogP contribution is 2.14. The van der Waals surface area contributed by atoms with Crippen molar-refractivity contribution in [3.05, 3.63) is 0 Å². The van der Waals surface area contributed by atoms with E-state index in [4.69, 9.17) is 4.43 Å². The monoisotopic (exact) mass is 155 g/mol. The molecule has 0 atom stereocenters. The molecular weight excluding hydrogens is 142 g/mol. The normalized spacial score (nSPS) is 17.9. The van der Waals surface area contributed by atoms with Gasteiger partial charge in [-0.25, -0.2) is 0 Å². The van der Waals surface area contributed by atoms with Gasteiger partial charge in [0.2, 0.25) is 0 Å². The SMILES string of the molecule is CO[Si]CN=C1CCCC1. The second-order valence-corrected chi connectivity index (χ2v) is 3.45. The Morgan fingerprint density at radius 3 is 2.80 bits per heavy atom. The summed E-state index contributed by atoms with van der Waals surface area (Å²) >= 11 is 0. The summed E-state index contributed by atoms with van der Waals surface area (Å²) in [5.74, 6) is 0. The van der Waals surface area contributed by atoms with Crippen molar-refractivity contribution in [1.29, 1.82) is 0 Å². The standard InChI is InChI=1S/C7H13NOSi/c1-9-10-6-8-7-4-2-3-5-7/h2-6H2,1H3. The van der Waals surface area contributed by atoms with E-state index < -0.39 is 0 Å². The van der Waals surface area contributed by atoms with Gasteiger partial charge in [-0.2, -0.15) is 0 Å². The molecule has 1 aliphatic carbocycles. The van der Waals surface area contributed by atoms with Crippen molar-refractivity contribution in [1.82, 2.24) is 0 Å². The summed E-state index contributed by atoms with van der Waals surface area (Å²) < 4.78 is 4.92. The lowest BCUT2D eigenvalue weighted by Gasteiger charge is -1.93. The van der Waals surface area contributed by atoms with Gasteiger partial charge in [-0.1, -0.05) is 0 Å². The Morgan fingerprint density at radius 1 is 1.50 bits per heavy atom. The highest BCUT2D eigenvalue weighted by molar-refractivity contribution is 6.27. The van der Waals surface area contributed by atoms with Gasteiger partial charge in [0.05, 0.1) is 6.17 Å². The van der Waals surface area contributed by atoms with Gasteiger partial charge in [-0.15, -0.1) is 0 Å². The van der Waals surface area contributed by atoms with Crippen molar-refractivity contribution < 1.29 is 4.43 Å². The molecule has 0 aromatic heterocycles. The Balaban J connectivity index is 2.12. The van der Waals surface area contributed by atoms with Crippen LogP contribution in [0.15, 0.2) is 4.99 Å². The molecule has 1 fully saturated rings. The van der Waals surface area contributed by atoms with Crippen LogP contribution in [-0.4, -0.2) is 28.8 Å². The highest BCUT2D eigenvalue weighted by atomic mass is 28.2. The predicted molar refractivity (Wildman–Crippen MR) is 43.5 cm³/mol. The molecule has 0 spiro atoms. The van der Waals surface area contributed by atoms with E-state index in [-0.39, 0.29) is 0 Å². The van der Waals surface area contributed by atoms with E-state index in [1.807, 2.05) is 0 Å². The number of nitrogens with zero attached hydrogens (tertiary/aromatic N) is 1. The van der Waals surface area contributed by atoms with E-state index in [9.17, 15) is 0 Å². The van der Waals surface area contributed by atoms with Crippen molar-refractivity contribution in [3.63, 3.8) is 0 Å². The van der Waals surface area contributed by atoms with Crippen LogP contribution in [0.25, 0.3) is 0 Å². The van der Waals surface area contributed by atoms with Crippen molar-refractivity contribution in [3.8, 4) is 0 Å². The summed E-state index contributed by atoms with van der Waals surface area (Å²) in [4.78, 5) is 4.42. The first-order valence-corrected chi connectivity index (χ1v) is 4.83. The summed E-state index contributed by atoms with van der Waals surface area (Å²) in [6.07, 6.45) is 6.03. The maximum absolute atomic E-state index is 4.92. The first-order valence-electron chi connectivity index (χ1n) is 3.71. The van der Waals surface area contributed by atoms with E-state index in [0.29, 0.717) is 9.76 Å². The number of aliphatic imine (C=N–C) groups is 1. The van der Waals surface area contributed by atoms with E-state index in [0.717, 1.165) is 6.17 Å². The Labute approximate surface area is 64.6 Å². The topological polar surface area (TPSA) is 21.6 Å². The smallest absolute Gasteiger partial charge is 0.252 e. The summed E-state index contributed by atoms with van der Waals surface area (Å²) in [6.45, 7) is 0. The molecule has 0 N–H and O–H groups in total. The largest absolute Gasteiger partial charge is 0.419 e. The average Bonchev–Trinajstić information content (AvgIpc) is 2.41. The van der Waals surface area contributed by atoms with Gasteiger partial charge in [0.15, 0.2) is 0 Å². The highest BCUT2D eigenvalue weighted by Gasteiger charge is 2.06. The van der Waals surface area contributed by atoms with E-state index in [1.54, 1.807) is 7.11 Å². The summed E-state index contributed by atoms with van der Waals surface area (Å²) in [6, 6.07) is 0. The molecule has 1 saturated carbocycles. The Bertz CT molecular complexity index is 117. The molecular formula is C7H13NOSi. The molecule has 0 bridgehead atoms. The number of rotatable bonds is 3. The molecule has 0 aromatic carbocycles. The molecule has 2 nitrogen and oxygen atoms in total. The van der Waals surface area contributed by atoms with E-state index >= 15 is 0 Å². The minimum absolute atomic E-state index is 0.554. The van der Waals surface area contributed by atoms with Crippen LogP contribution >= 0.6 is 0 Å². The van der Waals surface area contributed by atoms with Gasteiger partial charge in [-0.05, 0) is 25.7 Å². The van der Waals surface area contributed by atoms with Crippen LogP contribution < -0.4 is 0 Å². The number of hydrogen-bond donors (Lipinski definition) is 0. The van der Waals surface area contributed by atoms with Gasteiger partial charge < -0.3 is 4.43 Å². The van der Waals surface area contributed by atoms with Crippen LogP contribution in [-0.2, 0) is 4.43 Å². The van der Waals surface area contributed by atoms with Crippen molar-refractivity contribution >= 4 is 15.5 Å². The lowest BCUT2D eigenvalue weighted by atomic mass is 10.3. The third kappa shape index (κ3) is 2.62. The Hall–Kier alpha value is -0.153. The zero-order valence-corrected chi connectivity index (χ0v) is 7.39. The quantitative estimate of drug-likeness (QED) is 0.443. The van der Waals surface area contributed by atoms with E-state index in [2.05, 4.69) is 4.99 Å². The van der Waals surface area contributed by atoms with Crippen LogP contribution in [0.4, 0.5) is 0 Å². The molecule has 1 rings (SSSR count). The van der Waals surface area contributed by atoms with E-state index in [1.165, 1.54) is 31.4 Å².